The van der Waals surface area contributed by atoms with Gasteiger partial charge < -0.3 is 19.1 Å². The molecule has 1 amide bonds. The first-order valence-electron chi connectivity index (χ1n) is 11.0. The molecule has 1 spiro atoms. The van der Waals surface area contributed by atoms with Gasteiger partial charge in [0.15, 0.2) is 12.1 Å². The van der Waals surface area contributed by atoms with Crippen molar-refractivity contribution in [1.29, 1.82) is 0 Å². The standard InChI is InChI=1S/C23H32N2O5/c1-22(2,3)30-21(27)25-9-7-23(8-10-25)13-18-17(20(23)26)12-16(14-24-18)15-29-19-6-4-5-11-28-19/h12,14,19H,4-11,13,15H2,1-3H3. The van der Waals surface area contributed by atoms with E-state index >= 15 is 0 Å². The number of fused-ring (bicyclic) bond motifs is 1. The fourth-order valence-corrected chi connectivity index (χ4v) is 4.52. The number of carbonyl (C=O) groups is 2. The molecule has 164 valence electrons. The smallest absolute Gasteiger partial charge is 0.410 e. The molecule has 3 aliphatic rings. The molecule has 0 bridgehead atoms. The van der Waals surface area contributed by atoms with Gasteiger partial charge in [0.05, 0.1) is 12.3 Å². The van der Waals surface area contributed by atoms with Crippen LogP contribution in [-0.2, 0) is 27.2 Å². The Bertz CT molecular complexity index is 802. The van der Waals surface area contributed by atoms with Crippen LogP contribution >= 0.6 is 0 Å². The van der Waals surface area contributed by atoms with Gasteiger partial charge in [0.2, 0.25) is 0 Å². The lowest BCUT2D eigenvalue weighted by molar-refractivity contribution is -0.168. The first kappa shape index (κ1) is 21.2. The first-order chi connectivity index (χ1) is 14.3. The topological polar surface area (TPSA) is 78.0 Å². The fraction of sp³-hybridized carbons (Fsp3) is 0.696. The Hall–Kier alpha value is -1.99. The molecule has 4 rings (SSSR count). The van der Waals surface area contributed by atoms with Crippen LogP contribution < -0.4 is 0 Å². The molecule has 2 fully saturated rings. The van der Waals surface area contributed by atoms with Crippen LogP contribution in [0, 0.1) is 5.41 Å². The number of amides is 1. The van der Waals surface area contributed by atoms with E-state index in [1.54, 1.807) is 4.90 Å². The van der Waals surface area contributed by atoms with Gasteiger partial charge in [0.1, 0.15) is 5.60 Å². The van der Waals surface area contributed by atoms with Crippen molar-refractivity contribution < 1.29 is 23.8 Å². The van der Waals surface area contributed by atoms with Crippen molar-refractivity contribution in [3.63, 3.8) is 0 Å². The van der Waals surface area contributed by atoms with Crippen LogP contribution in [0.25, 0.3) is 0 Å². The number of ketones is 1. The maximum absolute atomic E-state index is 13.3. The number of aromatic nitrogens is 1. The largest absolute Gasteiger partial charge is 0.444 e. The predicted octanol–water partition coefficient (Wildman–Crippen LogP) is 3.88. The zero-order chi connectivity index (χ0) is 21.4. The Morgan fingerprint density at radius 2 is 2.07 bits per heavy atom. The van der Waals surface area contributed by atoms with E-state index in [2.05, 4.69) is 4.98 Å². The van der Waals surface area contributed by atoms with E-state index in [4.69, 9.17) is 14.2 Å². The number of piperidine rings is 1. The number of likely N-dealkylation sites (tertiary alicyclic amines) is 1. The summed E-state index contributed by atoms with van der Waals surface area (Å²) in [5.41, 5.74) is 1.52. The summed E-state index contributed by atoms with van der Waals surface area (Å²) in [6.07, 6.45) is 6.39. The SMILES string of the molecule is CC(C)(C)OC(=O)N1CCC2(CC1)Cc1ncc(COC3CCCCO3)cc1C2=O. The highest BCUT2D eigenvalue weighted by Gasteiger charge is 2.48. The predicted molar refractivity (Wildman–Crippen MR) is 110 cm³/mol. The molecule has 1 atom stereocenters. The molecule has 7 nitrogen and oxygen atoms in total. The third-order valence-electron chi connectivity index (χ3n) is 6.21. The van der Waals surface area contributed by atoms with Crippen LogP contribution in [0.15, 0.2) is 12.3 Å². The van der Waals surface area contributed by atoms with E-state index in [9.17, 15) is 9.59 Å². The van der Waals surface area contributed by atoms with Crippen LogP contribution in [0.4, 0.5) is 4.79 Å². The lowest BCUT2D eigenvalue weighted by atomic mass is 9.75. The molecule has 1 aromatic heterocycles. The quantitative estimate of drug-likeness (QED) is 0.744. The number of ether oxygens (including phenoxy) is 3. The minimum atomic E-state index is -0.517. The zero-order valence-electron chi connectivity index (χ0n) is 18.2. The minimum Gasteiger partial charge on any atom is -0.444 e. The van der Waals surface area contributed by atoms with Crippen molar-refractivity contribution in [3.8, 4) is 0 Å². The van der Waals surface area contributed by atoms with Crippen LogP contribution in [0.1, 0.15) is 74.5 Å². The molecule has 2 saturated heterocycles. The number of rotatable bonds is 3. The van der Waals surface area contributed by atoms with Gasteiger partial charge in [-0.3, -0.25) is 9.78 Å². The van der Waals surface area contributed by atoms with Gasteiger partial charge >= 0.3 is 6.09 Å². The van der Waals surface area contributed by atoms with Crippen LogP contribution in [0.5, 0.6) is 0 Å². The number of hydrogen-bond donors (Lipinski definition) is 0. The highest BCUT2D eigenvalue weighted by molar-refractivity contribution is 6.04. The molecule has 0 saturated carbocycles. The maximum atomic E-state index is 13.3. The Balaban J connectivity index is 1.37. The summed E-state index contributed by atoms with van der Waals surface area (Å²) < 4.78 is 16.9. The van der Waals surface area contributed by atoms with Crippen molar-refractivity contribution in [2.45, 2.75) is 77.8 Å². The third-order valence-corrected chi connectivity index (χ3v) is 6.21. The minimum absolute atomic E-state index is 0.157. The molecular formula is C23H32N2O5. The summed E-state index contributed by atoms with van der Waals surface area (Å²) in [4.78, 5) is 31.9. The van der Waals surface area contributed by atoms with Gasteiger partial charge in [0.25, 0.3) is 0 Å². The van der Waals surface area contributed by atoms with E-state index < -0.39 is 11.0 Å². The molecule has 30 heavy (non-hydrogen) atoms. The number of hydrogen-bond acceptors (Lipinski definition) is 6. The van der Waals surface area contributed by atoms with E-state index in [0.29, 0.717) is 44.5 Å². The molecule has 0 N–H and O–H groups in total. The molecule has 0 aromatic carbocycles. The lowest BCUT2D eigenvalue weighted by Crippen LogP contribution is -2.47. The van der Waals surface area contributed by atoms with Crippen LogP contribution in [0.3, 0.4) is 0 Å². The normalized spacial score (nSPS) is 23.5. The van der Waals surface area contributed by atoms with Gasteiger partial charge in [-0.15, -0.1) is 0 Å². The lowest BCUT2D eigenvalue weighted by Gasteiger charge is -2.38. The average Bonchev–Trinajstić information content (AvgIpc) is 2.98. The van der Waals surface area contributed by atoms with Gasteiger partial charge in [-0.05, 0) is 64.5 Å². The third kappa shape index (κ3) is 4.52. The second-order valence-corrected chi connectivity index (χ2v) is 9.70. The molecular weight excluding hydrogens is 384 g/mol. The maximum Gasteiger partial charge on any atom is 0.410 e. The Kier molecular flexibility index (Phi) is 5.86. The van der Waals surface area contributed by atoms with Gasteiger partial charge in [-0.1, -0.05) is 0 Å². The molecule has 1 aromatic rings. The number of pyridine rings is 1. The average molecular weight is 417 g/mol. The molecule has 3 heterocycles. The van der Waals surface area contributed by atoms with Crippen molar-refractivity contribution in [2.24, 2.45) is 5.41 Å². The van der Waals surface area contributed by atoms with Crippen LogP contribution in [0.2, 0.25) is 0 Å². The number of carbonyl (C=O) groups excluding carboxylic acids is 2. The van der Waals surface area contributed by atoms with Crippen molar-refractivity contribution in [3.05, 3.63) is 29.1 Å². The summed E-state index contributed by atoms with van der Waals surface area (Å²) >= 11 is 0. The fourth-order valence-electron chi connectivity index (χ4n) is 4.52. The second-order valence-electron chi connectivity index (χ2n) is 9.70. The summed E-state index contributed by atoms with van der Waals surface area (Å²) in [6.45, 7) is 7.79. The van der Waals surface area contributed by atoms with E-state index in [1.165, 1.54) is 0 Å². The second kappa shape index (κ2) is 8.27. The summed E-state index contributed by atoms with van der Waals surface area (Å²) in [5.74, 6) is 0.157. The van der Waals surface area contributed by atoms with Gasteiger partial charge in [0, 0.05) is 43.3 Å². The highest BCUT2D eigenvalue weighted by Crippen LogP contribution is 2.44. The first-order valence-corrected chi connectivity index (χ1v) is 11.0. The summed E-state index contributed by atoms with van der Waals surface area (Å²) in [5, 5.41) is 0. The Labute approximate surface area is 178 Å². The monoisotopic (exact) mass is 416 g/mol. The Morgan fingerprint density at radius 3 is 2.73 bits per heavy atom. The highest BCUT2D eigenvalue weighted by atomic mass is 16.7. The van der Waals surface area contributed by atoms with E-state index in [0.717, 1.165) is 37.1 Å². The summed E-state index contributed by atoms with van der Waals surface area (Å²) in [6, 6.07) is 1.93. The Morgan fingerprint density at radius 1 is 1.30 bits per heavy atom. The number of Topliss-reactive ketones (excluding diaryl/α,β-unsaturated/α-hetero) is 1. The van der Waals surface area contributed by atoms with E-state index in [-0.39, 0.29) is 18.2 Å². The van der Waals surface area contributed by atoms with Gasteiger partial charge in [-0.2, -0.15) is 0 Å². The van der Waals surface area contributed by atoms with Gasteiger partial charge in [-0.25, -0.2) is 4.79 Å². The molecule has 1 unspecified atom stereocenters. The molecule has 2 aliphatic heterocycles. The summed E-state index contributed by atoms with van der Waals surface area (Å²) in [7, 11) is 0. The number of nitrogens with zero attached hydrogens (tertiary/aromatic N) is 2. The molecule has 7 heteroatoms. The van der Waals surface area contributed by atoms with Crippen molar-refractivity contribution in [2.75, 3.05) is 19.7 Å². The van der Waals surface area contributed by atoms with E-state index in [1.807, 2.05) is 33.0 Å². The molecule has 0 radical (unpaired) electrons. The molecule has 1 aliphatic carbocycles. The zero-order valence-corrected chi connectivity index (χ0v) is 18.2. The van der Waals surface area contributed by atoms with Crippen LogP contribution in [-0.4, -0.2) is 53.3 Å². The van der Waals surface area contributed by atoms with Crippen molar-refractivity contribution >= 4 is 11.9 Å². The van der Waals surface area contributed by atoms with Crippen molar-refractivity contribution in [1.82, 2.24) is 9.88 Å².